The molecule has 0 bridgehead atoms. The van der Waals surface area contributed by atoms with E-state index in [0.29, 0.717) is 40.7 Å². The predicted molar refractivity (Wildman–Crippen MR) is 200 cm³/mol. The number of likely N-dealkylation sites (tertiary alicyclic amines) is 1. The lowest BCUT2D eigenvalue weighted by Crippen LogP contribution is -2.59. The number of benzene rings is 1. The fourth-order valence-corrected chi connectivity index (χ4v) is 12.5. The predicted octanol–water partition coefficient (Wildman–Crippen LogP) is 3.36. The van der Waals surface area contributed by atoms with Crippen molar-refractivity contribution < 1.29 is 28.8 Å². The molecule has 1 aromatic rings. The molecule has 288 valence electrons. The average Bonchev–Trinajstić information content (AvgIpc) is 3.64. The smallest absolute Gasteiger partial charge is 0.262 e. The Morgan fingerprint density at radius 1 is 0.815 bits per heavy atom. The van der Waals surface area contributed by atoms with E-state index in [9.17, 15) is 28.8 Å². The van der Waals surface area contributed by atoms with Gasteiger partial charge in [0.15, 0.2) is 0 Å². The topological polar surface area (TPSA) is 139 Å². The zero-order chi connectivity index (χ0) is 37.5. The lowest BCUT2D eigenvalue weighted by molar-refractivity contribution is -0.145. The maximum Gasteiger partial charge on any atom is 0.262 e. The van der Waals surface area contributed by atoms with Crippen LogP contribution >= 0.6 is 0 Å². The van der Waals surface area contributed by atoms with Crippen molar-refractivity contribution in [3.8, 4) is 0 Å². The van der Waals surface area contributed by atoms with Crippen LogP contribution in [-0.2, 0) is 19.2 Å². The number of nitrogens with zero attached hydrogens (tertiary/aromatic N) is 4. The van der Waals surface area contributed by atoms with Crippen molar-refractivity contribution in [2.75, 3.05) is 50.7 Å². The zero-order valence-corrected chi connectivity index (χ0v) is 31.7. The van der Waals surface area contributed by atoms with Gasteiger partial charge in [-0.2, -0.15) is 0 Å². The maximum atomic E-state index is 14.2. The van der Waals surface area contributed by atoms with E-state index in [2.05, 4.69) is 45.3 Å². The summed E-state index contributed by atoms with van der Waals surface area (Å²) >= 11 is 0. The Morgan fingerprint density at radius 2 is 1.57 bits per heavy atom. The van der Waals surface area contributed by atoms with Gasteiger partial charge >= 0.3 is 0 Å². The Kier molecular flexibility index (Phi) is 8.78. The molecule has 6 amide bonds. The van der Waals surface area contributed by atoms with Crippen LogP contribution in [0.1, 0.15) is 98.8 Å². The molecule has 9 rings (SSSR count). The minimum Gasteiger partial charge on any atom is -0.369 e. The SMILES string of the molecule is C[C@]12C=CC(=O)N[C@@H]1CC[C@@H]1[C@@H]2CC[C@]2(C)[C@@H](C(=O)N3CCC(CN4CCN(c5ccc6c(c5)C(=O)N(C5CCC(=O)NC5=O)C6=O)CC4)CC3)CC[C@@H]12. The highest BCUT2D eigenvalue weighted by Gasteiger charge is 2.61. The van der Waals surface area contributed by atoms with Gasteiger partial charge in [-0.15, -0.1) is 0 Å². The summed E-state index contributed by atoms with van der Waals surface area (Å²) in [4.78, 5) is 84.9. The van der Waals surface area contributed by atoms with Gasteiger partial charge in [0.2, 0.25) is 23.6 Å². The van der Waals surface area contributed by atoms with Crippen LogP contribution in [0.4, 0.5) is 5.69 Å². The van der Waals surface area contributed by atoms with Gasteiger partial charge in [-0.3, -0.25) is 43.9 Å². The number of carbonyl (C=O) groups excluding carboxylic acids is 6. The first kappa shape index (κ1) is 35.6. The molecule has 2 N–H and O–H groups in total. The molecular formula is C42H54N6O6. The summed E-state index contributed by atoms with van der Waals surface area (Å²) in [6.07, 6.45) is 12.8. The van der Waals surface area contributed by atoms with Gasteiger partial charge in [-0.05, 0) is 111 Å². The summed E-state index contributed by atoms with van der Waals surface area (Å²) < 4.78 is 0. The number of hydrogen-bond acceptors (Lipinski definition) is 8. The fraction of sp³-hybridized carbons (Fsp3) is 0.667. The highest BCUT2D eigenvalue weighted by molar-refractivity contribution is 6.23. The first-order chi connectivity index (χ1) is 25.9. The van der Waals surface area contributed by atoms with E-state index in [4.69, 9.17) is 0 Å². The van der Waals surface area contributed by atoms with Gasteiger partial charge in [0.05, 0.1) is 11.1 Å². The molecule has 5 aliphatic heterocycles. The van der Waals surface area contributed by atoms with Crippen LogP contribution in [0.2, 0.25) is 0 Å². The molecule has 3 aliphatic carbocycles. The maximum absolute atomic E-state index is 14.2. The van der Waals surface area contributed by atoms with Crippen LogP contribution in [0.15, 0.2) is 30.4 Å². The molecule has 5 heterocycles. The normalized spacial score (nSPS) is 37.1. The number of piperidine rings is 2. The summed E-state index contributed by atoms with van der Waals surface area (Å²) in [7, 11) is 0. The molecule has 3 saturated heterocycles. The largest absolute Gasteiger partial charge is 0.369 e. The van der Waals surface area contributed by atoms with Crippen molar-refractivity contribution in [3.63, 3.8) is 0 Å². The van der Waals surface area contributed by atoms with Crippen LogP contribution in [-0.4, -0.2) is 108 Å². The van der Waals surface area contributed by atoms with Crippen LogP contribution in [0, 0.1) is 40.4 Å². The van der Waals surface area contributed by atoms with Gasteiger partial charge in [0.25, 0.3) is 11.8 Å². The first-order valence-electron chi connectivity index (χ1n) is 20.6. The summed E-state index contributed by atoms with van der Waals surface area (Å²) in [5, 5.41) is 5.51. The van der Waals surface area contributed by atoms with Crippen LogP contribution in [0.25, 0.3) is 0 Å². The molecule has 12 nitrogen and oxygen atoms in total. The summed E-state index contributed by atoms with van der Waals surface area (Å²) in [5.74, 6) is 0.947. The minimum atomic E-state index is -0.966. The third-order valence-corrected chi connectivity index (χ3v) is 15.6. The number of amides is 6. The van der Waals surface area contributed by atoms with Crippen LogP contribution < -0.4 is 15.5 Å². The molecule has 54 heavy (non-hydrogen) atoms. The second kappa shape index (κ2) is 13.3. The standard InChI is InChI=1S/C42H54N6O6/c1-41-15-11-31-28(5-9-34-42(31,2)16-12-36(50)43-34)30(41)6-7-32(41)40(54)47-17-13-25(14-18-47)24-45-19-21-46(22-20-45)26-3-4-27-29(23-26)39(53)48(38(27)52)33-8-10-35(49)44-37(33)51/h3-4,12,16,23,25,28,30-34H,5-11,13-15,17-22,24H2,1-2H3,(H,43,50)(H,44,49,51)/t28-,30-,31-,32+,33?,34+,41-,42+/m0/s1. The molecular weight excluding hydrogens is 684 g/mol. The van der Waals surface area contributed by atoms with E-state index in [0.717, 1.165) is 108 Å². The number of carbonyl (C=O) groups is 6. The molecule has 0 spiro atoms. The molecule has 6 fully saturated rings. The second-order valence-corrected chi connectivity index (χ2v) is 18.1. The number of piperazine rings is 1. The van der Waals surface area contributed by atoms with Gasteiger partial charge in [-0.25, -0.2) is 0 Å². The first-order valence-corrected chi connectivity index (χ1v) is 20.6. The van der Waals surface area contributed by atoms with E-state index in [1.807, 2.05) is 6.07 Å². The number of hydrogen-bond donors (Lipinski definition) is 2. The highest BCUT2D eigenvalue weighted by Crippen LogP contribution is 2.65. The monoisotopic (exact) mass is 738 g/mol. The van der Waals surface area contributed by atoms with Crippen molar-refractivity contribution >= 4 is 41.1 Å². The van der Waals surface area contributed by atoms with Gasteiger partial charge in [-0.1, -0.05) is 19.9 Å². The Labute approximate surface area is 317 Å². The summed E-state index contributed by atoms with van der Waals surface area (Å²) in [5.41, 5.74) is 1.59. The quantitative estimate of drug-likeness (QED) is 0.439. The van der Waals surface area contributed by atoms with E-state index in [-0.39, 0.29) is 47.4 Å². The average molecular weight is 739 g/mol. The van der Waals surface area contributed by atoms with Crippen molar-refractivity contribution in [1.82, 2.24) is 25.3 Å². The van der Waals surface area contributed by atoms with E-state index in [1.54, 1.807) is 18.2 Å². The lowest BCUT2D eigenvalue weighted by atomic mass is 9.48. The van der Waals surface area contributed by atoms with Crippen LogP contribution in [0.3, 0.4) is 0 Å². The third kappa shape index (κ3) is 5.72. The molecule has 8 atom stereocenters. The Morgan fingerprint density at radius 3 is 2.33 bits per heavy atom. The molecule has 0 aromatic heterocycles. The molecule has 3 saturated carbocycles. The van der Waals surface area contributed by atoms with E-state index >= 15 is 0 Å². The van der Waals surface area contributed by atoms with Crippen molar-refractivity contribution in [2.45, 2.75) is 90.1 Å². The fourth-order valence-electron chi connectivity index (χ4n) is 12.5. The number of rotatable bonds is 5. The number of imide groups is 2. The van der Waals surface area contributed by atoms with Gasteiger partial charge in [0, 0.05) is 75.3 Å². The summed E-state index contributed by atoms with van der Waals surface area (Å²) in [6.45, 7) is 10.9. The highest BCUT2D eigenvalue weighted by atomic mass is 16.2. The van der Waals surface area contributed by atoms with E-state index in [1.165, 1.54) is 0 Å². The molecule has 0 radical (unpaired) electrons. The Hall–Kier alpha value is -4.06. The molecule has 1 aromatic carbocycles. The van der Waals surface area contributed by atoms with E-state index < -0.39 is 23.8 Å². The second-order valence-electron chi connectivity index (χ2n) is 18.1. The third-order valence-electron chi connectivity index (χ3n) is 15.6. The zero-order valence-electron chi connectivity index (χ0n) is 31.7. The van der Waals surface area contributed by atoms with Crippen molar-refractivity contribution in [3.05, 3.63) is 41.5 Å². The molecule has 1 unspecified atom stereocenters. The molecule has 12 heteroatoms. The Balaban J connectivity index is 0.760. The number of fused-ring (bicyclic) bond motifs is 6. The Bertz CT molecular complexity index is 1810. The minimum absolute atomic E-state index is 0.0158. The molecule has 8 aliphatic rings. The van der Waals surface area contributed by atoms with Gasteiger partial charge in [0.1, 0.15) is 6.04 Å². The summed E-state index contributed by atoms with van der Waals surface area (Å²) in [6, 6.07) is 4.62. The van der Waals surface area contributed by atoms with Gasteiger partial charge < -0.3 is 15.1 Å². The van der Waals surface area contributed by atoms with Crippen LogP contribution in [0.5, 0.6) is 0 Å². The van der Waals surface area contributed by atoms with Crippen molar-refractivity contribution in [2.24, 2.45) is 40.4 Å². The lowest BCUT2D eigenvalue weighted by Gasteiger charge is -2.58. The number of anilines is 1. The van der Waals surface area contributed by atoms with Crippen molar-refractivity contribution in [1.29, 1.82) is 0 Å². The number of nitrogens with one attached hydrogen (secondary N) is 2.